The SMILES string of the molecule is Cc1cc(OCCCc2c3n(c4c(-c5c(C)nn(C)c5C)c(Cl)ccc24)C(C)CN(c2cccc4c2ccn4CC(=O)O)C3=O)cc(C)c1Cl. The summed E-state index contributed by atoms with van der Waals surface area (Å²) in [5, 5.41) is 17.3. The second-order valence-corrected chi connectivity index (χ2v) is 14.1. The van der Waals surface area contributed by atoms with Crippen LogP contribution in [-0.2, 0) is 24.8 Å². The Bertz CT molecular complexity index is 2330. The number of amides is 1. The topological polar surface area (TPSA) is 94.5 Å². The average Bonchev–Trinajstić information content (AvgIpc) is 3.71. The number of carboxylic acid groups (broad SMARTS) is 1. The molecule has 1 unspecified atom stereocenters. The molecule has 11 heteroatoms. The summed E-state index contributed by atoms with van der Waals surface area (Å²) in [4.78, 5) is 28.3. The normalized spacial score (nSPS) is 14.6. The number of carbonyl (C=O) groups excluding carboxylic acids is 1. The predicted molar refractivity (Wildman–Crippen MR) is 199 cm³/mol. The monoisotopic (exact) mass is 711 g/mol. The minimum atomic E-state index is -0.927. The first kappa shape index (κ1) is 33.8. The summed E-state index contributed by atoms with van der Waals surface area (Å²) in [5.74, 6) is -0.272. The van der Waals surface area contributed by atoms with Gasteiger partial charge in [0.2, 0.25) is 0 Å². The number of nitrogens with zero attached hydrogens (tertiary/aromatic N) is 5. The predicted octanol–water partition coefficient (Wildman–Crippen LogP) is 8.85. The minimum absolute atomic E-state index is 0.110. The Balaban J connectivity index is 1.36. The van der Waals surface area contributed by atoms with Crippen molar-refractivity contribution in [3.63, 3.8) is 0 Å². The van der Waals surface area contributed by atoms with Crippen LogP contribution in [-0.4, -0.2) is 49.0 Å². The lowest BCUT2D eigenvalue weighted by Gasteiger charge is -2.34. The number of carboxylic acids is 1. The molecule has 6 aromatic rings. The summed E-state index contributed by atoms with van der Waals surface area (Å²) in [7, 11) is 1.93. The van der Waals surface area contributed by atoms with Crippen LogP contribution < -0.4 is 9.64 Å². The molecule has 9 nitrogen and oxygen atoms in total. The Kier molecular flexibility index (Phi) is 8.68. The molecule has 0 aliphatic carbocycles. The van der Waals surface area contributed by atoms with E-state index >= 15 is 0 Å². The molecule has 1 aliphatic heterocycles. The van der Waals surface area contributed by atoms with Crippen molar-refractivity contribution in [3.05, 3.63) is 98.5 Å². The number of halogens is 2. The lowest BCUT2D eigenvalue weighted by Crippen LogP contribution is -2.42. The molecule has 0 radical (unpaired) electrons. The molecule has 0 spiro atoms. The van der Waals surface area contributed by atoms with E-state index in [1.807, 2.05) is 92.9 Å². The summed E-state index contributed by atoms with van der Waals surface area (Å²) in [6.07, 6.45) is 3.03. The molecule has 0 saturated carbocycles. The molecule has 1 N–H and O–H groups in total. The molecule has 3 aromatic carbocycles. The van der Waals surface area contributed by atoms with Gasteiger partial charge in [0.25, 0.3) is 5.91 Å². The molecule has 1 amide bonds. The zero-order valence-electron chi connectivity index (χ0n) is 29.0. The fourth-order valence-corrected chi connectivity index (χ4v) is 8.02. The van der Waals surface area contributed by atoms with Gasteiger partial charge in [-0.25, -0.2) is 0 Å². The summed E-state index contributed by atoms with van der Waals surface area (Å²) in [6.45, 7) is 10.8. The van der Waals surface area contributed by atoms with Crippen LogP contribution in [0.25, 0.3) is 32.9 Å². The zero-order chi connectivity index (χ0) is 35.6. The standard InChI is InChI=1S/C39H39Cl2N5O4/c1-21-17-26(18-22(2)36(21)41)50-16-8-9-27-28-12-13-30(40)35(34-24(4)42-43(6)25(34)5)37(28)46-23(3)19-45(39(49)38(27)46)32-11-7-10-31-29(32)14-15-44(31)20-33(47)48/h7,10-15,17-18,23H,8-9,16,19-20H2,1-6H3,(H,47,48). The first-order valence-corrected chi connectivity index (χ1v) is 17.5. The maximum absolute atomic E-state index is 14.9. The Hall–Kier alpha value is -4.73. The fraction of sp³-hybridized carbons (Fsp3) is 0.308. The van der Waals surface area contributed by atoms with Crippen LogP contribution in [0.4, 0.5) is 5.69 Å². The highest BCUT2D eigenvalue weighted by Gasteiger charge is 2.37. The van der Waals surface area contributed by atoms with Gasteiger partial charge in [0.1, 0.15) is 18.0 Å². The van der Waals surface area contributed by atoms with Crippen LogP contribution in [0.1, 0.15) is 58.0 Å². The van der Waals surface area contributed by atoms with E-state index in [1.54, 1.807) is 10.8 Å². The van der Waals surface area contributed by atoms with E-state index in [-0.39, 0.29) is 18.5 Å². The van der Waals surface area contributed by atoms with Crippen molar-refractivity contribution in [2.24, 2.45) is 7.05 Å². The van der Waals surface area contributed by atoms with Gasteiger partial charge in [-0.3, -0.25) is 14.3 Å². The summed E-state index contributed by atoms with van der Waals surface area (Å²) in [6, 6.07) is 15.3. The minimum Gasteiger partial charge on any atom is -0.494 e. The number of anilines is 1. The van der Waals surface area contributed by atoms with Gasteiger partial charge >= 0.3 is 5.97 Å². The quantitative estimate of drug-likeness (QED) is 0.151. The molecule has 1 aliphatic rings. The van der Waals surface area contributed by atoms with Crippen molar-refractivity contribution in [2.45, 2.75) is 60.0 Å². The van der Waals surface area contributed by atoms with Crippen molar-refractivity contribution >= 4 is 62.6 Å². The molecular formula is C39H39Cl2N5O4. The molecule has 0 fully saturated rings. The fourth-order valence-electron chi connectivity index (χ4n) is 7.66. The number of ether oxygens (including phenoxy) is 1. The van der Waals surface area contributed by atoms with E-state index in [4.69, 9.17) is 33.0 Å². The molecule has 0 saturated heterocycles. The number of benzene rings is 3. The molecule has 3 aromatic heterocycles. The number of hydrogen-bond donors (Lipinski definition) is 1. The van der Waals surface area contributed by atoms with Crippen LogP contribution >= 0.6 is 23.2 Å². The van der Waals surface area contributed by atoms with Crippen LogP contribution in [0.2, 0.25) is 10.0 Å². The third-order valence-corrected chi connectivity index (χ3v) is 10.9. The lowest BCUT2D eigenvalue weighted by atomic mass is 9.98. The first-order chi connectivity index (χ1) is 23.9. The molecule has 7 rings (SSSR count). The van der Waals surface area contributed by atoms with Gasteiger partial charge in [0.15, 0.2) is 0 Å². The highest BCUT2D eigenvalue weighted by Crippen LogP contribution is 2.45. The van der Waals surface area contributed by atoms with Gasteiger partial charge in [-0.2, -0.15) is 5.10 Å². The van der Waals surface area contributed by atoms with E-state index in [2.05, 4.69) is 11.5 Å². The van der Waals surface area contributed by atoms with Gasteiger partial charge < -0.3 is 23.9 Å². The molecule has 0 bridgehead atoms. The van der Waals surface area contributed by atoms with Crippen molar-refractivity contribution in [1.29, 1.82) is 0 Å². The Morgan fingerprint density at radius 2 is 1.76 bits per heavy atom. The van der Waals surface area contributed by atoms with E-state index in [0.717, 1.165) is 77.5 Å². The van der Waals surface area contributed by atoms with Gasteiger partial charge in [0.05, 0.1) is 34.0 Å². The maximum Gasteiger partial charge on any atom is 0.323 e. The lowest BCUT2D eigenvalue weighted by molar-refractivity contribution is -0.137. The number of carbonyl (C=O) groups is 2. The Morgan fingerprint density at radius 1 is 1.02 bits per heavy atom. The largest absolute Gasteiger partial charge is 0.494 e. The number of fused-ring (bicyclic) bond motifs is 4. The van der Waals surface area contributed by atoms with Crippen LogP contribution in [0.15, 0.2) is 54.7 Å². The van der Waals surface area contributed by atoms with Crippen molar-refractivity contribution < 1.29 is 19.4 Å². The van der Waals surface area contributed by atoms with Crippen LogP contribution in [0.5, 0.6) is 5.75 Å². The molecule has 1 atom stereocenters. The number of rotatable bonds is 9. The third kappa shape index (κ3) is 5.53. The second-order valence-electron chi connectivity index (χ2n) is 13.3. The zero-order valence-corrected chi connectivity index (χ0v) is 30.5. The van der Waals surface area contributed by atoms with E-state index in [0.29, 0.717) is 36.7 Å². The molecule has 50 heavy (non-hydrogen) atoms. The van der Waals surface area contributed by atoms with Crippen molar-refractivity contribution in [3.8, 4) is 16.9 Å². The Labute approximate surface area is 300 Å². The van der Waals surface area contributed by atoms with Gasteiger partial charge in [0, 0.05) is 58.4 Å². The van der Waals surface area contributed by atoms with E-state index in [1.165, 1.54) is 0 Å². The van der Waals surface area contributed by atoms with Crippen LogP contribution in [0.3, 0.4) is 0 Å². The molecule has 258 valence electrons. The summed E-state index contributed by atoms with van der Waals surface area (Å²) in [5.41, 5.74) is 9.65. The van der Waals surface area contributed by atoms with Gasteiger partial charge in [-0.1, -0.05) is 35.3 Å². The van der Waals surface area contributed by atoms with Gasteiger partial charge in [-0.05, 0) is 101 Å². The third-order valence-electron chi connectivity index (χ3n) is 9.95. The van der Waals surface area contributed by atoms with E-state index < -0.39 is 5.97 Å². The number of aromatic nitrogens is 4. The Morgan fingerprint density at radius 3 is 2.44 bits per heavy atom. The first-order valence-electron chi connectivity index (χ1n) is 16.7. The average molecular weight is 713 g/mol. The van der Waals surface area contributed by atoms with Gasteiger partial charge in [-0.15, -0.1) is 0 Å². The number of aryl methyl sites for hydroxylation is 5. The highest BCUT2D eigenvalue weighted by atomic mass is 35.5. The van der Waals surface area contributed by atoms with Crippen LogP contribution in [0, 0.1) is 27.7 Å². The maximum atomic E-state index is 14.9. The van der Waals surface area contributed by atoms with Crippen molar-refractivity contribution in [2.75, 3.05) is 18.1 Å². The molecular weight excluding hydrogens is 673 g/mol. The summed E-state index contributed by atoms with van der Waals surface area (Å²) < 4.78 is 11.9. The number of hydrogen-bond acceptors (Lipinski definition) is 4. The second kappa shape index (κ2) is 12.9. The highest BCUT2D eigenvalue weighted by molar-refractivity contribution is 6.35. The summed E-state index contributed by atoms with van der Waals surface area (Å²) >= 11 is 13.5. The van der Waals surface area contributed by atoms with E-state index in [9.17, 15) is 14.7 Å². The van der Waals surface area contributed by atoms with Crippen molar-refractivity contribution in [1.82, 2.24) is 18.9 Å². The smallest absolute Gasteiger partial charge is 0.323 e. The molecule has 4 heterocycles. The number of aliphatic carboxylic acids is 1.